The highest BCUT2D eigenvalue weighted by Gasteiger charge is 2.59. The van der Waals surface area contributed by atoms with Crippen LogP contribution in [0.25, 0.3) is 0 Å². The number of carbonyl (C=O) groups is 2. The summed E-state index contributed by atoms with van der Waals surface area (Å²) in [7, 11) is 1.40. The summed E-state index contributed by atoms with van der Waals surface area (Å²) in [5.41, 5.74) is 6.50. The molecule has 0 bridgehead atoms. The van der Waals surface area contributed by atoms with Crippen LogP contribution in [0.3, 0.4) is 0 Å². The minimum atomic E-state index is -0.541. The van der Waals surface area contributed by atoms with Gasteiger partial charge < -0.3 is 31.7 Å². The summed E-state index contributed by atoms with van der Waals surface area (Å²) < 4.78 is 4.97. The number of fused-ring (bicyclic) bond motifs is 5. The van der Waals surface area contributed by atoms with Gasteiger partial charge in [-0.15, -0.1) is 0 Å². The lowest BCUT2D eigenvalue weighted by atomic mass is 9.44. The molecule has 48 heavy (non-hydrogen) atoms. The molecule has 0 aromatic rings. The van der Waals surface area contributed by atoms with Gasteiger partial charge in [-0.1, -0.05) is 34.1 Å². The van der Waals surface area contributed by atoms with Gasteiger partial charge in [-0.05, 0) is 182 Å². The van der Waals surface area contributed by atoms with Crippen LogP contribution in [0.4, 0.5) is 0 Å². The number of ether oxygens (including phenoxy) is 1. The van der Waals surface area contributed by atoms with E-state index in [0.29, 0.717) is 23.3 Å². The maximum absolute atomic E-state index is 12.8. The van der Waals surface area contributed by atoms with Crippen LogP contribution in [0.2, 0.25) is 0 Å². The molecule has 4 fully saturated rings. The molecule has 8 heteroatoms. The van der Waals surface area contributed by atoms with Gasteiger partial charge in [-0.2, -0.15) is 0 Å². The number of amides is 1. The predicted molar refractivity (Wildman–Crippen MR) is 198 cm³/mol. The number of hydrogen-bond acceptors (Lipinski definition) is 7. The lowest BCUT2D eigenvalue weighted by Gasteiger charge is -2.61. The second-order valence-electron chi connectivity index (χ2n) is 17.0. The highest BCUT2D eigenvalue weighted by Crippen LogP contribution is 2.67. The Morgan fingerprint density at radius 2 is 1.52 bits per heavy atom. The van der Waals surface area contributed by atoms with Crippen LogP contribution in [0.1, 0.15) is 137 Å². The number of rotatable bonds is 21. The molecule has 0 heterocycles. The lowest BCUT2D eigenvalue weighted by Crippen LogP contribution is -2.55. The quantitative estimate of drug-likeness (QED) is 0.0730. The zero-order valence-corrected chi connectivity index (χ0v) is 31.7. The number of methoxy groups -OCH3 is 1. The van der Waals surface area contributed by atoms with Gasteiger partial charge in [0.1, 0.15) is 6.04 Å². The van der Waals surface area contributed by atoms with Crippen molar-refractivity contribution >= 4 is 11.9 Å². The van der Waals surface area contributed by atoms with Crippen LogP contribution in [0, 0.1) is 46.3 Å². The smallest absolute Gasteiger partial charge is 0.328 e. The van der Waals surface area contributed by atoms with Crippen LogP contribution in [-0.4, -0.2) is 70.3 Å². The Morgan fingerprint density at radius 1 is 0.833 bits per heavy atom. The molecular weight excluding hydrogens is 598 g/mol. The highest BCUT2D eigenvalue weighted by atomic mass is 16.5. The second kappa shape index (κ2) is 19.4. The van der Waals surface area contributed by atoms with Gasteiger partial charge in [-0.25, -0.2) is 4.79 Å². The normalized spacial score (nSPS) is 34.0. The molecule has 0 aliphatic heterocycles. The summed E-state index contributed by atoms with van der Waals surface area (Å²) in [6.45, 7) is 15.7. The molecule has 4 rings (SSSR count). The van der Waals surface area contributed by atoms with Gasteiger partial charge in [0.25, 0.3) is 0 Å². The molecular formula is C40H75N5O3. The summed E-state index contributed by atoms with van der Waals surface area (Å²) in [5, 5.41) is 14.1. The second-order valence-corrected chi connectivity index (χ2v) is 17.0. The van der Waals surface area contributed by atoms with Gasteiger partial charge in [0.15, 0.2) is 0 Å². The van der Waals surface area contributed by atoms with E-state index in [1.165, 1.54) is 84.2 Å². The first kappa shape index (κ1) is 39.6. The van der Waals surface area contributed by atoms with Crippen molar-refractivity contribution in [2.45, 2.75) is 149 Å². The van der Waals surface area contributed by atoms with E-state index in [-0.39, 0.29) is 17.8 Å². The third-order valence-corrected chi connectivity index (χ3v) is 14.3. The molecule has 0 aromatic carbocycles. The maximum atomic E-state index is 12.8. The molecule has 278 valence electrons. The third-order valence-electron chi connectivity index (χ3n) is 14.3. The molecule has 8 nitrogen and oxygen atoms in total. The molecule has 4 aliphatic rings. The SMILES string of the molecule is CCC(C)C(NC(=O)CCCC1CCC2C3CCC4CC(NCCCNCCCCNCCCN)CCC4(C)C3CCC12C)C(=O)OC. The number of carbonyl (C=O) groups excluding carboxylic acids is 2. The van der Waals surface area contributed by atoms with E-state index in [1.807, 2.05) is 13.8 Å². The Bertz CT molecular complexity index is 981. The van der Waals surface area contributed by atoms with Crippen molar-refractivity contribution in [1.29, 1.82) is 0 Å². The van der Waals surface area contributed by atoms with Gasteiger partial charge in [-0.3, -0.25) is 4.79 Å². The molecule has 1 amide bonds. The molecule has 0 aromatic heterocycles. The van der Waals surface area contributed by atoms with Crippen molar-refractivity contribution in [3.05, 3.63) is 0 Å². The first-order valence-electron chi connectivity index (χ1n) is 20.4. The topological polar surface area (TPSA) is 118 Å². The molecule has 0 spiro atoms. The Hall–Kier alpha value is -1.22. The van der Waals surface area contributed by atoms with Crippen molar-refractivity contribution in [1.82, 2.24) is 21.3 Å². The van der Waals surface area contributed by atoms with Gasteiger partial charge in [0, 0.05) is 12.5 Å². The average molecular weight is 674 g/mol. The molecule has 6 N–H and O–H groups in total. The highest BCUT2D eigenvalue weighted by molar-refractivity contribution is 5.84. The van der Waals surface area contributed by atoms with Crippen molar-refractivity contribution in [2.75, 3.05) is 46.4 Å². The van der Waals surface area contributed by atoms with Crippen molar-refractivity contribution in [3.8, 4) is 0 Å². The van der Waals surface area contributed by atoms with Crippen molar-refractivity contribution < 1.29 is 14.3 Å². The fraction of sp³-hybridized carbons (Fsp3) is 0.950. The van der Waals surface area contributed by atoms with E-state index in [9.17, 15) is 9.59 Å². The van der Waals surface area contributed by atoms with E-state index in [2.05, 4.69) is 35.1 Å². The van der Waals surface area contributed by atoms with Crippen LogP contribution in [-0.2, 0) is 14.3 Å². The first-order valence-corrected chi connectivity index (χ1v) is 20.4. The van der Waals surface area contributed by atoms with E-state index in [0.717, 1.165) is 94.5 Å². The monoisotopic (exact) mass is 674 g/mol. The Labute approximate surface area is 294 Å². The lowest BCUT2D eigenvalue weighted by molar-refractivity contribution is -0.146. The van der Waals surface area contributed by atoms with Gasteiger partial charge in [0.2, 0.25) is 5.91 Å². The summed E-state index contributed by atoms with van der Waals surface area (Å²) >= 11 is 0. The minimum Gasteiger partial charge on any atom is -0.467 e. The fourth-order valence-electron chi connectivity index (χ4n) is 11.1. The van der Waals surface area contributed by atoms with Crippen LogP contribution >= 0.6 is 0 Å². The van der Waals surface area contributed by atoms with E-state index in [4.69, 9.17) is 10.5 Å². The number of nitrogens with two attached hydrogens (primary N) is 1. The van der Waals surface area contributed by atoms with Crippen LogP contribution in [0.5, 0.6) is 0 Å². The van der Waals surface area contributed by atoms with E-state index >= 15 is 0 Å². The Morgan fingerprint density at radius 3 is 2.23 bits per heavy atom. The van der Waals surface area contributed by atoms with Gasteiger partial charge >= 0.3 is 5.97 Å². The predicted octanol–water partition coefficient (Wildman–Crippen LogP) is 6.18. The number of hydrogen-bond donors (Lipinski definition) is 5. The number of unbranched alkanes of at least 4 members (excludes halogenated alkanes) is 1. The standard InChI is InChI=1S/C40H75N5O3/c1-6-29(2)37(38(47)48-5)45-36(46)13-9-12-30-15-17-34-33-16-14-31-28-32(18-20-40(31,4)35(33)19-21-39(30,34)3)44-27-11-26-43-24-8-7-23-42-25-10-22-41/h29-35,37,42-44H,6-28,41H2,1-5H3,(H,45,46). The summed E-state index contributed by atoms with van der Waals surface area (Å²) in [4.78, 5) is 25.1. The van der Waals surface area contributed by atoms with Crippen molar-refractivity contribution in [3.63, 3.8) is 0 Å². The Balaban J connectivity index is 1.16. The zero-order valence-electron chi connectivity index (χ0n) is 31.7. The average Bonchev–Trinajstić information content (AvgIpc) is 3.42. The summed E-state index contributed by atoms with van der Waals surface area (Å²) in [5.74, 6) is 4.00. The summed E-state index contributed by atoms with van der Waals surface area (Å²) in [6.07, 6.45) is 20.6. The summed E-state index contributed by atoms with van der Waals surface area (Å²) in [6, 6.07) is 0.162. The molecule has 0 radical (unpaired) electrons. The van der Waals surface area contributed by atoms with Gasteiger partial charge in [0.05, 0.1) is 7.11 Å². The molecule has 10 atom stereocenters. The number of nitrogens with one attached hydrogen (secondary N) is 4. The number of esters is 1. The minimum absolute atomic E-state index is 0.00378. The largest absolute Gasteiger partial charge is 0.467 e. The van der Waals surface area contributed by atoms with E-state index in [1.54, 1.807) is 0 Å². The molecule has 0 saturated heterocycles. The van der Waals surface area contributed by atoms with Crippen LogP contribution in [0.15, 0.2) is 0 Å². The molecule has 4 saturated carbocycles. The first-order chi connectivity index (χ1) is 23.2. The fourth-order valence-corrected chi connectivity index (χ4v) is 11.1. The van der Waals surface area contributed by atoms with Crippen molar-refractivity contribution in [2.24, 2.45) is 52.1 Å². The molecule has 4 aliphatic carbocycles. The Kier molecular flexibility index (Phi) is 16.0. The third kappa shape index (κ3) is 9.97. The van der Waals surface area contributed by atoms with E-state index < -0.39 is 6.04 Å². The van der Waals surface area contributed by atoms with Crippen LogP contribution < -0.4 is 27.0 Å². The maximum Gasteiger partial charge on any atom is 0.328 e. The molecule has 10 unspecified atom stereocenters. The zero-order chi connectivity index (χ0) is 34.6.